The number of benzene rings is 2. The molecule has 1 amide bonds. The molecular weight excluding hydrogens is 424 g/mol. The summed E-state index contributed by atoms with van der Waals surface area (Å²) in [6.07, 6.45) is 0. The van der Waals surface area contributed by atoms with Crippen LogP contribution in [0.25, 0.3) is 0 Å². The number of hydrogen-bond acceptors (Lipinski definition) is 6. The maximum atomic E-state index is 12.7. The molecule has 33 heavy (non-hydrogen) atoms. The molecule has 0 unspecified atom stereocenters. The van der Waals surface area contributed by atoms with E-state index >= 15 is 0 Å². The summed E-state index contributed by atoms with van der Waals surface area (Å²) in [6.45, 7) is 3.84. The summed E-state index contributed by atoms with van der Waals surface area (Å²) in [5.41, 5.74) is 3.64. The molecule has 0 fully saturated rings. The van der Waals surface area contributed by atoms with Gasteiger partial charge in [-0.1, -0.05) is 24.3 Å². The van der Waals surface area contributed by atoms with Gasteiger partial charge < -0.3 is 24.1 Å². The quantitative estimate of drug-likeness (QED) is 0.420. The van der Waals surface area contributed by atoms with E-state index in [-0.39, 0.29) is 25.0 Å². The summed E-state index contributed by atoms with van der Waals surface area (Å²) in [4.78, 5) is 36.7. The summed E-state index contributed by atoms with van der Waals surface area (Å²) in [6, 6.07) is 16.1. The van der Waals surface area contributed by atoms with Crippen LogP contribution in [0.4, 0.5) is 0 Å². The number of ether oxygens (including phenoxy) is 3. The molecule has 0 saturated carbocycles. The molecule has 170 valence electrons. The van der Waals surface area contributed by atoms with Gasteiger partial charge in [-0.3, -0.25) is 14.4 Å². The molecule has 8 heteroatoms. The lowest BCUT2D eigenvalue weighted by atomic mass is 10.1. The second kappa shape index (κ2) is 9.60. The van der Waals surface area contributed by atoms with Gasteiger partial charge in [0, 0.05) is 29.1 Å². The number of esters is 1. The first-order valence-corrected chi connectivity index (χ1v) is 10.5. The first-order chi connectivity index (χ1) is 15.9. The van der Waals surface area contributed by atoms with Crippen molar-refractivity contribution >= 4 is 17.7 Å². The molecule has 8 nitrogen and oxygen atoms in total. The molecule has 3 aromatic rings. The lowest BCUT2D eigenvalue weighted by Crippen LogP contribution is -2.31. The zero-order valence-electron chi connectivity index (χ0n) is 18.4. The van der Waals surface area contributed by atoms with E-state index in [9.17, 15) is 14.4 Å². The van der Waals surface area contributed by atoms with Crippen molar-refractivity contribution in [2.24, 2.45) is 0 Å². The summed E-state index contributed by atoms with van der Waals surface area (Å²) < 4.78 is 17.9. The van der Waals surface area contributed by atoms with Gasteiger partial charge in [0.15, 0.2) is 18.1 Å². The highest BCUT2D eigenvalue weighted by molar-refractivity contribution is 6.00. The fraction of sp³-hybridized carbons (Fsp3) is 0.240. The highest BCUT2D eigenvalue weighted by Crippen LogP contribution is 2.33. The summed E-state index contributed by atoms with van der Waals surface area (Å²) >= 11 is 0. The van der Waals surface area contributed by atoms with Crippen molar-refractivity contribution in [2.45, 2.75) is 20.4 Å². The number of carbonyl (C=O) groups is 3. The van der Waals surface area contributed by atoms with Crippen LogP contribution < -0.4 is 14.8 Å². The van der Waals surface area contributed by atoms with Gasteiger partial charge in [-0.2, -0.15) is 0 Å². The van der Waals surface area contributed by atoms with E-state index < -0.39 is 12.6 Å². The Balaban J connectivity index is 1.33. The van der Waals surface area contributed by atoms with Gasteiger partial charge in [0.25, 0.3) is 5.91 Å². The van der Waals surface area contributed by atoms with Crippen LogP contribution in [0.2, 0.25) is 0 Å². The van der Waals surface area contributed by atoms with Crippen LogP contribution in [0, 0.1) is 13.8 Å². The van der Waals surface area contributed by atoms with Gasteiger partial charge in [0.2, 0.25) is 12.6 Å². The number of rotatable bonds is 8. The smallest absolute Gasteiger partial charge is 0.325 e. The number of nitrogens with zero attached hydrogens (tertiary/aromatic N) is 1. The van der Waals surface area contributed by atoms with Crippen LogP contribution in [0.15, 0.2) is 54.6 Å². The number of hydrogen-bond donors (Lipinski definition) is 1. The van der Waals surface area contributed by atoms with Gasteiger partial charge in [-0.05, 0) is 49.7 Å². The zero-order chi connectivity index (χ0) is 23.4. The maximum absolute atomic E-state index is 12.7. The van der Waals surface area contributed by atoms with Gasteiger partial charge in [-0.25, -0.2) is 0 Å². The topological polar surface area (TPSA) is 95.9 Å². The van der Waals surface area contributed by atoms with Crippen LogP contribution >= 0.6 is 0 Å². The van der Waals surface area contributed by atoms with Gasteiger partial charge in [0.05, 0.1) is 0 Å². The fourth-order valence-electron chi connectivity index (χ4n) is 3.67. The molecule has 0 spiro atoms. The van der Waals surface area contributed by atoms with Crippen molar-refractivity contribution in [2.75, 3.05) is 19.9 Å². The number of aryl methyl sites for hydroxylation is 1. The molecule has 2 aromatic carbocycles. The standard InChI is InChI=1S/C25H24N2O6/c1-16-10-20(17(2)27(16)13-18-8-9-22-23(11-18)33-15-32-22)21(28)14-31-24(29)12-26-25(30)19-6-4-3-5-7-19/h3-11H,12-15H2,1-2H3,(H,26,30). The van der Waals surface area contributed by atoms with Crippen LogP contribution in [-0.4, -0.2) is 42.2 Å². The highest BCUT2D eigenvalue weighted by atomic mass is 16.7. The number of carbonyl (C=O) groups excluding carboxylic acids is 3. The Morgan fingerprint density at radius 1 is 1.00 bits per heavy atom. The van der Waals surface area contributed by atoms with Crippen molar-refractivity contribution < 1.29 is 28.6 Å². The predicted molar refractivity (Wildman–Crippen MR) is 120 cm³/mol. The van der Waals surface area contributed by atoms with Gasteiger partial charge >= 0.3 is 5.97 Å². The Labute approximate surface area is 191 Å². The minimum Gasteiger partial charge on any atom is -0.456 e. The summed E-state index contributed by atoms with van der Waals surface area (Å²) in [5.74, 6) is 0.0605. The van der Waals surface area contributed by atoms with Crippen LogP contribution in [0.1, 0.15) is 37.7 Å². The largest absolute Gasteiger partial charge is 0.456 e. The molecule has 1 N–H and O–H groups in total. The Hall–Kier alpha value is -4.07. The number of nitrogens with one attached hydrogen (secondary N) is 1. The number of aromatic nitrogens is 1. The molecule has 0 aliphatic carbocycles. The average molecular weight is 448 g/mol. The summed E-state index contributed by atoms with van der Waals surface area (Å²) in [7, 11) is 0. The van der Waals surface area contributed by atoms with Crippen molar-refractivity contribution in [1.82, 2.24) is 9.88 Å². The van der Waals surface area contributed by atoms with E-state index in [0.29, 0.717) is 23.4 Å². The number of amides is 1. The first kappa shape index (κ1) is 22.1. The number of fused-ring (bicyclic) bond motifs is 1. The molecule has 4 rings (SSSR count). The van der Waals surface area contributed by atoms with Crippen molar-refractivity contribution in [1.29, 1.82) is 0 Å². The third-order valence-corrected chi connectivity index (χ3v) is 5.45. The van der Waals surface area contributed by atoms with Crippen LogP contribution in [0.5, 0.6) is 11.5 Å². The maximum Gasteiger partial charge on any atom is 0.325 e. The van der Waals surface area contributed by atoms with E-state index in [4.69, 9.17) is 14.2 Å². The number of Topliss-reactive ketones (excluding diaryl/α,β-unsaturated/α-hetero) is 1. The molecule has 1 aromatic heterocycles. The fourth-order valence-corrected chi connectivity index (χ4v) is 3.67. The molecule has 0 atom stereocenters. The minimum absolute atomic E-state index is 0.216. The zero-order valence-corrected chi connectivity index (χ0v) is 18.4. The van der Waals surface area contributed by atoms with Crippen LogP contribution in [0.3, 0.4) is 0 Å². The van der Waals surface area contributed by atoms with Crippen molar-refractivity contribution in [3.8, 4) is 11.5 Å². The van der Waals surface area contributed by atoms with E-state index in [1.807, 2.05) is 36.6 Å². The molecule has 2 heterocycles. The van der Waals surface area contributed by atoms with E-state index in [1.54, 1.807) is 36.4 Å². The second-order valence-corrected chi connectivity index (χ2v) is 7.69. The lowest BCUT2D eigenvalue weighted by molar-refractivity contribution is -0.141. The predicted octanol–water partition coefficient (Wildman–Crippen LogP) is 3.04. The average Bonchev–Trinajstić information content (AvgIpc) is 3.41. The molecule has 0 bridgehead atoms. The van der Waals surface area contributed by atoms with E-state index in [1.165, 1.54) is 0 Å². The third kappa shape index (κ3) is 5.06. The van der Waals surface area contributed by atoms with E-state index in [0.717, 1.165) is 22.7 Å². The Morgan fingerprint density at radius 3 is 2.55 bits per heavy atom. The molecule has 0 radical (unpaired) electrons. The first-order valence-electron chi connectivity index (χ1n) is 10.5. The SMILES string of the molecule is Cc1cc(C(=O)COC(=O)CNC(=O)c2ccccc2)c(C)n1Cc1ccc2c(c1)OCO2. The monoisotopic (exact) mass is 448 g/mol. The van der Waals surface area contributed by atoms with Crippen LogP contribution in [-0.2, 0) is 16.1 Å². The third-order valence-electron chi connectivity index (χ3n) is 5.45. The minimum atomic E-state index is -0.679. The lowest BCUT2D eigenvalue weighted by Gasteiger charge is -2.11. The molecule has 1 aliphatic rings. The van der Waals surface area contributed by atoms with E-state index in [2.05, 4.69) is 5.32 Å². The normalized spacial score (nSPS) is 11.8. The van der Waals surface area contributed by atoms with Gasteiger partial charge in [0.1, 0.15) is 6.54 Å². The Kier molecular flexibility index (Phi) is 6.44. The Morgan fingerprint density at radius 2 is 1.76 bits per heavy atom. The highest BCUT2D eigenvalue weighted by Gasteiger charge is 2.19. The van der Waals surface area contributed by atoms with Crippen molar-refractivity contribution in [3.63, 3.8) is 0 Å². The molecule has 0 saturated heterocycles. The second-order valence-electron chi connectivity index (χ2n) is 7.69. The van der Waals surface area contributed by atoms with Crippen molar-refractivity contribution in [3.05, 3.63) is 82.7 Å². The molecule has 1 aliphatic heterocycles. The molecular formula is C25H24N2O6. The Bertz CT molecular complexity index is 1200. The number of ketones is 1. The summed E-state index contributed by atoms with van der Waals surface area (Å²) in [5, 5.41) is 2.48. The van der Waals surface area contributed by atoms with Gasteiger partial charge in [-0.15, -0.1) is 0 Å².